The Morgan fingerprint density at radius 1 is 1.03 bits per heavy atom. The van der Waals surface area contributed by atoms with Gasteiger partial charge in [-0.2, -0.15) is 0 Å². The number of carbonyl (C=O) groups is 2. The number of aromatic carboxylic acids is 1. The molecule has 1 fully saturated rings. The maximum atomic E-state index is 12.2. The van der Waals surface area contributed by atoms with Crippen molar-refractivity contribution in [2.24, 2.45) is 0 Å². The highest BCUT2D eigenvalue weighted by Gasteiger charge is 2.31. The minimum absolute atomic E-state index is 0.176. The second kappa shape index (κ2) is 8.06. The maximum absolute atomic E-state index is 12.2. The largest absolute Gasteiger partial charge is 0.480 e. The number of rotatable bonds is 6. The van der Waals surface area contributed by atoms with Gasteiger partial charge in [0.1, 0.15) is 6.04 Å². The van der Waals surface area contributed by atoms with Gasteiger partial charge >= 0.3 is 11.9 Å². The highest BCUT2D eigenvalue weighted by Crippen LogP contribution is 2.32. The lowest BCUT2D eigenvalue weighted by Crippen LogP contribution is -2.42. The van der Waals surface area contributed by atoms with Crippen LogP contribution in [0.15, 0.2) is 54.7 Å². The summed E-state index contributed by atoms with van der Waals surface area (Å²) < 4.78 is 7.31. The molecule has 2 heterocycles. The number of aliphatic carboxylic acids is 1. The lowest BCUT2D eigenvalue weighted by molar-refractivity contribution is -0.145. The number of hydrogen-bond donors (Lipinski definition) is 2. The third-order valence-corrected chi connectivity index (χ3v) is 5.30. The van der Waals surface area contributed by atoms with E-state index < -0.39 is 18.0 Å². The molecule has 0 radical (unpaired) electrons. The molecule has 1 unspecified atom stereocenters. The third-order valence-electron chi connectivity index (χ3n) is 5.30. The minimum Gasteiger partial charge on any atom is -0.480 e. The molecule has 29 heavy (non-hydrogen) atoms. The lowest BCUT2D eigenvalue weighted by atomic mass is 10.0. The quantitative estimate of drug-likeness (QED) is 0.668. The number of carboxylic acids is 2. The van der Waals surface area contributed by atoms with Gasteiger partial charge in [-0.05, 0) is 17.7 Å². The first-order valence-corrected chi connectivity index (χ1v) is 9.49. The van der Waals surface area contributed by atoms with Gasteiger partial charge in [0.05, 0.1) is 18.8 Å². The Hall–Kier alpha value is -3.16. The molecule has 1 aliphatic heterocycles. The molecule has 7 heteroatoms. The van der Waals surface area contributed by atoms with Gasteiger partial charge in [0.25, 0.3) is 0 Å². The van der Waals surface area contributed by atoms with Gasteiger partial charge in [0.15, 0.2) is 0 Å². The zero-order valence-electron chi connectivity index (χ0n) is 15.8. The van der Waals surface area contributed by atoms with E-state index in [1.165, 1.54) is 6.07 Å². The number of carboxylic acid groups (broad SMARTS) is 2. The van der Waals surface area contributed by atoms with Crippen LogP contribution in [0.1, 0.15) is 27.5 Å². The Morgan fingerprint density at radius 2 is 1.76 bits per heavy atom. The van der Waals surface area contributed by atoms with Crippen LogP contribution in [0.2, 0.25) is 0 Å². The predicted octanol–water partition coefficient (Wildman–Crippen LogP) is 2.85. The van der Waals surface area contributed by atoms with Gasteiger partial charge in [-0.15, -0.1) is 0 Å². The molecule has 0 saturated carbocycles. The average molecular weight is 394 g/mol. The minimum atomic E-state index is -1.01. The maximum Gasteiger partial charge on any atom is 0.335 e. The van der Waals surface area contributed by atoms with Crippen molar-refractivity contribution >= 4 is 22.8 Å². The molecule has 1 aliphatic rings. The standard InChI is InChI=1S/C22H22N2O5/c25-21(26)16-6-7-17-18(20(22(27)28)23-8-10-29-11-9-23)14-24(19(17)12-16)13-15-4-2-1-3-5-15/h1-7,12,14,20H,8-11,13H2,(H,25,26)(H,27,28). The summed E-state index contributed by atoms with van der Waals surface area (Å²) in [4.78, 5) is 25.6. The number of fused-ring (bicyclic) bond motifs is 1. The van der Waals surface area contributed by atoms with Crippen LogP contribution in [0.5, 0.6) is 0 Å². The smallest absolute Gasteiger partial charge is 0.335 e. The summed E-state index contributed by atoms with van der Waals surface area (Å²) in [6, 6.07) is 13.8. The summed E-state index contributed by atoms with van der Waals surface area (Å²) in [6.07, 6.45) is 1.84. The van der Waals surface area contributed by atoms with Crippen molar-refractivity contribution in [3.8, 4) is 0 Å². The van der Waals surface area contributed by atoms with Crippen LogP contribution in [-0.2, 0) is 16.1 Å². The SMILES string of the molecule is O=C(O)c1ccc2c(C(C(=O)O)N3CCOCC3)cn(Cc3ccccc3)c2c1. The van der Waals surface area contributed by atoms with Crippen LogP contribution in [-0.4, -0.2) is 57.9 Å². The fourth-order valence-corrected chi connectivity index (χ4v) is 3.90. The first-order chi connectivity index (χ1) is 14.0. The molecule has 1 aromatic heterocycles. The van der Waals surface area contributed by atoms with E-state index in [9.17, 15) is 19.8 Å². The fourth-order valence-electron chi connectivity index (χ4n) is 3.90. The highest BCUT2D eigenvalue weighted by atomic mass is 16.5. The first kappa shape index (κ1) is 19.2. The second-order valence-electron chi connectivity index (χ2n) is 7.12. The van der Waals surface area contributed by atoms with Crippen LogP contribution >= 0.6 is 0 Å². The van der Waals surface area contributed by atoms with Gasteiger partial charge in [-0.25, -0.2) is 4.79 Å². The van der Waals surface area contributed by atoms with Gasteiger partial charge in [0, 0.05) is 42.3 Å². The molecule has 3 aromatic rings. The van der Waals surface area contributed by atoms with E-state index in [-0.39, 0.29) is 5.56 Å². The Morgan fingerprint density at radius 3 is 2.41 bits per heavy atom. The molecular formula is C22H22N2O5. The van der Waals surface area contributed by atoms with Crippen molar-refractivity contribution in [2.45, 2.75) is 12.6 Å². The summed E-state index contributed by atoms with van der Waals surface area (Å²) in [5.41, 5.74) is 2.61. The van der Waals surface area contributed by atoms with E-state index >= 15 is 0 Å². The van der Waals surface area contributed by atoms with E-state index in [1.807, 2.05) is 46.0 Å². The zero-order chi connectivity index (χ0) is 20.4. The summed E-state index contributed by atoms with van der Waals surface area (Å²) in [5.74, 6) is -1.93. The predicted molar refractivity (Wildman–Crippen MR) is 107 cm³/mol. The Balaban J connectivity index is 1.84. The topological polar surface area (TPSA) is 92.0 Å². The van der Waals surface area contributed by atoms with Crippen LogP contribution in [0.3, 0.4) is 0 Å². The molecule has 2 aromatic carbocycles. The van der Waals surface area contributed by atoms with Gasteiger partial charge in [-0.1, -0.05) is 36.4 Å². The molecule has 7 nitrogen and oxygen atoms in total. The number of aromatic nitrogens is 1. The number of hydrogen-bond acceptors (Lipinski definition) is 4. The van der Waals surface area contributed by atoms with Crippen molar-refractivity contribution in [2.75, 3.05) is 26.3 Å². The summed E-state index contributed by atoms with van der Waals surface area (Å²) >= 11 is 0. The zero-order valence-corrected chi connectivity index (χ0v) is 15.8. The second-order valence-corrected chi connectivity index (χ2v) is 7.12. The van der Waals surface area contributed by atoms with E-state index in [0.717, 1.165) is 10.9 Å². The van der Waals surface area contributed by atoms with Crippen LogP contribution in [0, 0.1) is 0 Å². The van der Waals surface area contributed by atoms with Crippen molar-refractivity contribution in [3.63, 3.8) is 0 Å². The molecule has 0 bridgehead atoms. The molecule has 0 aliphatic carbocycles. The van der Waals surface area contributed by atoms with Gasteiger partial charge in [0.2, 0.25) is 0 Å². The molecule has 0 spiro atoms. The first-order valence-electron chi connectivity index (χ1n) is 9.49. The van der Waals surface area contributed by atoms with E-state index in [1.54, 1.807) is 12.1 Å². The van der Waals surface area contributed by atoms with Crippen LogP contribution in [0.4, 0.5) is 0 Å². The van der Waals surface area contributed by atoms with Crippen LogP contribution in [0.25, 0.3) is 10.9 Å². The van der Waals surface area contributed by atoms with E-state index in [2.05, 4.69) is 0 Å². The van der Waals surface area contributed by atoms with Crippen molar-refractivity contribution < 1.29 is 24.5 Å². The van der Waals surface area contributed by atoms with E-state index in [0.29, 0.717) is 43.9 Å². The fraction of sp³-hybridized carbons (Fsp3) is 0.273. The Labute approximate surface area is 167 Å². The monoisotopic (exact) mass is 394 g/mol. The summed E-state index contributed by atoms with van der Waals surface area (Å²) in [5, 5.41) is 20.2. The van der Waals surface area contributed by atoms with Crippen molar-refractivity contribution in [3.05, 3.63) is 71.4 Å². The van der Waals surface area contributed by atoms with Crippen molar-refractivity contribution in [1.29, 1.82) is 0 Å². The Bertz CT molecular complexity index is 1040. The van der Waals surface area contributed by atoms with Gasteiger partial charge in [-0.3, -0.25) is 9.69 Å². The molecule has 1 atom stereocenters. The molecule has 2 N–H and O–H groups in total. The lowest BCUT2D eigenvalue weighted by Gasteiger charge is -2.31. The number of benzene rings is 2. The number of ether oxygens (including phenoxy) is 1. The van der Waals surface area contributed by atoms with Crippen molar-refractivity contribution in [1.82, 2.24) is 9.47 Å². The molecule has 0 amide bonds. The summed E-state index contributed by atoms with van der Waals surface area (Å²) in [7, 11) is 0. The van der Waals surface area contributed by atoms with Crippen LogP contribution < -0.4 is 0 Å². The molecule has 4 rings (SSSR count). The molecule has 150 valence electrons. The normalized spacial score (nSPS) is 16.0. The average Bonchev–Trinajstić information content (AvgIpc) is 3.07. The molecular weight excluding hydrogens is 372 g/mol. The van der Waals surface area contributed by atoms with Gasteiger partial charge < -0.3 is 19.5 Å². The van der Waals surface area contributed by atoms with E-state index in [4.69, 9.17) is 4.74 Å². The highest BCUT2D eigenvalue weighted by molar-refractivity contribution is 5.96. The molecule has 1 saturated heterocycles. The number of nitrogens with zero attached hydrogens (tertiary/aromatic N) is 2. The number of morpholine rings is 1. The summed E-state index contributed by atoms with van der Waals surface area (Å²) in [6.45, 7) is 2.59. The Kier molecular flexibility index (Phi) is 5.33. The third kappa shape index (κ3) is 3.87.